The molecule has 0 aromatic heterocycles. The topological polar surface area (TPSA) is 88.2 Å². The van der Waals surface area contributed by atoms with E-state index in [4.69, 9.17) is 15.6 Å². The van der Waals surface area contributed by atoms with Gasteiger partial charge in [0.1, 0.15) is 5.75 Å². The molecule has 28 heavy (non-hydrogen) atoms. The smallest absolute Gasteiger partial charge is 0.335 e. The Morgan fingerprint density at radius 3 is 2.61 bits per heavy atom. The summed E-state index contributed by atoms with van der Waals surface area (Å²) in [5, 5.41) is 16.5. The van der Waals surface area contributed by atoms with E-state index in [0.29, 0.717) is 18.3 Å². The predicted octanol–water partition coefficient (Wildman–Crippen LogP) is 3.76. The van der Waals surface area contributed by atoms with E-state index in [9.17, 15) is 9.90 Å². The van der Waals surface area contributed by atoms with Crippen molar-refractivity contribution in [3.8, 4) is 5.75 Å². The van der Waals surface area contributed by atoms with Gasteiger partial charge in [0.2, 0.25) is 0 Å². The summed E-state index contributed by atoms with van der Waals surface area (Å²) >= 11 is 0. The minimum absolute atomic E-state index is 0.184. The zero-order valence-electron chi connectivity index (χ0n) is 15.5. The Bertz CT molecular complexity index is 948. The van der Waals surface area contributed by atoms with Gasteiger partial charge >= 0.3 is 5.97 Å². The quantitative estimate of drug-likeness (QED) is 0.795. The minimum Gasteiger partial charge on any atom is -0.492 e. The third-order valence-corrected chi connectivity index (χ3v) is 6.22. The summed E-state index contributed by atoms with van der Waals surface area (Å²) in [5.41, 5.74) is 9.80. The highest BCUT2D eigenvalue weighted by Gasteiger charge is 2.46. The SMILES string of the molecule is Nc1ccc(N2N=C3c4ccc(C(=O)O)cc4OCC3C2C2CCCC2)cc1. The molecule has 1 fully saturated rings. The number of nitrogen functional groups attached to an aromatic ring is 1. The van der Waals surface area contributed by atoms with Crippen molar-refractivity contribution in [3.63, 3.8) is 0 Å². The Morgan fingerprint density at radius 1 is 1.14 bits per heavy atom. The fraction of sp³-hybridized carbons (Fsp3) is 0.364. The molecule has 0 saturated heterocycles. The average Bonchev–Trinajstić information content (AvgIpc) is 3.35. The van der Waals surface area contributed by atoms with Crippen LogP contribution >= 0.6 is 0 Å². The van der Waals surface area contributed by atoms with Gasteiger partial charge in [-0.15, -0.1) is 0 Å². The number of anilines is 2. The number of carboxylic acids is 1. The molecular weight excluding hydrogens is 354 g/mol. The maximum absolute atomic E-state index is 11.3. The number of carboxylic acid groups (broad SMARTS) is 1. The van der Waals surface area contributed by atoms with Gasteiger partial charge in [-0.25, -0.2) is 4.79 Å². The Kier molecular flexibility index (Phi) is 4.00. The lowest BCUT2D eigenvalue weighted by molar-refractivity contribution is 0.0696. The summed E-state index contributed by atoms with van der Waals surface area (Å²) in [6.45, 7) is 0.529. The Hall–Kier alpha value is -3.02. The number of ether oxygens (including phenoxy) is 1. The number of hydrazone groups is 1. The molecule has 5 rings (SSSR count). The molecule has 0 amide bonds. The first-order valence-corrected chi connectivity index (χ1v) is 9.85. The molecule has 144 valence electrons. The minimum atomic E-state index is -0.950. The number of hydrogen-bond acceptors (Lipinski definition) is 5. The maximum atomic E-state index is 11.3. The van der Waals surface area contributed by atoms with Crippen molar-refractivity contribution in [2.75, 3.05) is 17.3 Å². The van der Waals surface area contributed by atoms with E-state index in [1.807, 2.05) is 30.3 Å². The molecule has 3 N–H and O–H groups in total. The molecular formula is C22H23N3O3. The number of fused-ring (bicyclic) bond motifs is 3. The second kappa shape index (κ2) is 6.55. The van der Waals surface area contributed by atoms with Gasteiger partial charge in [-0.1, -0.05) is 12.8 Å². The summed E-state index contributed by atoms with van der Waals surface area (Å²) in [5.74, 6) is 0.421. The molecule has 6 heteroatoms. The van der Waals surface area contributed by atoms with E-state index >= 15 is 0 Å². The molecule has 2 unspecified atom stereocenters. The van der Waals surface area contributed by atoms with Crippen LogP contribution in [0.4, 0.5) is 11.4 Å². The summed E-state index contributed by atoms with van der Waals surface area (Å²) in [6, 6.07) is 13.2. The van der Waals surface area contributed by atoms with Crippen LogP contribution in [0.15, 0.2) is 47.6 Å². The van der Waals surface area contributed by atoms with Crippen molar-refractivity contribution >= 4 is 23.1 Å². The zero-order chi connectivity index (χ0) is 19.3. The van der Waals surface area contributed by atoms with Crippen LogP contribution in [0.25, 0.3) is 0 Å². The van der Waals surface area contributed by atoms with Gasteiger partial charge in [0, 0.05) is 11.3 Å². The van der Waals surface area contributed by atoms with Crippen LogP contribution in [-0.2, 0) is 0 Å². The molecule has 2 aliphatic heterocycles. The van der Waals surface area contributed by atoms with Crippen LogP contribution in [0.5, 0.6) is 5.75 Å². The number of nitrogens with two attached hydrogens (primary N) is 1. The molecule has 0 spiro atoms. The van der Waals surface area contributed by atoms with Gasteiger partial charge < -0.3 is 15.6 Å². The first-order valence-electron chi connectivity index (χ1n) is 9.85. The van der Waals surface area contributed by atoms with Crippen molar-refractivity contribution < 1.29 is 14.6 Å². The molecule has 2 aromatic rings. The molecule has 0 radical (unpaired) electrons. The number of hydrogen-bond donors (Lipinski definition) is 2. The number of rotatable bonds is 3. The van der Waals surface area contributed by atoms with E-state index in [2.05, 4.69) is 5.01 Å². The largest absolute Gasteiger partial charge is 0.492 e. The predicted molar refractivity (Wildman–Crippen MR) is 108 cm³/mol. The molecule has 2 atom stereocenters. The van der Waals surface area contributed by atoms with Gasteiger partial charge in [0.25, 0.3) is 0 Å². The molecule has 6 nitrogen and oxygen atoms in total. The highest BCUT2D eigenvalue weighted by Crippen LogP contribution is 2.44. The summed E-state index contributed by atoms with van der Waals surface area (Å²) in [7, 11) is 0. The first-order chi connectivity index (χ1) is 13.6. The molecule has 2 aromatic carbocycles. The van der Waals surface area contributed by atoms with Gasteiger partial charge in [-0.05, 0) is 61.2 Å². The van der Waals surface area contributed by atoms with Crippen LogP contribution in [0.1, 0.15) is 41.6 Å². The second-order valence-electron chi connectivity index (χ2n) is 7.89. The molecule has 0 bridgehead atoms. The Morgan fingerprint density at radius 2 is 1.89 bits per heavy atom. The monoisotopic (exact) mass is 377 g/mol. The van der Waals surface area contributed by atoms with E-state index in [-0.39, 0.29) is 17.5 Å². The Labute approximate surface area is 163 Å². The van der Waals surface area contributed by atoms with Gasteiger partial charge in [0.15, 0.2) is 0 Å². The fourth-order valence-corrected chi connectivity index (χ4v) is 4.87. The summed E-state index contributed by atoms with van der Waals surface area (Å²) < 4.78 is 6.03. The van der Waals surface area contributed by atoms with Crippen molar-refractivity contribution in [2.24, 2.45) is 16.9 Å². The Balaban J connectivity index is 1.58. The van der Waals surface area contributed by atoms with Gasteiger partial charge in [-0.2, -0.15) is 5.10 Å². The average molecular weight is 377 g/mol. The first kappa shape index (κ1) is 17.1. The lowest BCUT2D eigenvalue weighted by Gasteiger charge is -2.34. The summed E-state index contributed by atoms with van der Waals surface area (Å²) in [6.07, 6.45) is 4.94. The van der Waals surface area contributed by atoms with E-state index in [1.165, 1.54) is 25.7 Å². The number of aromatic carboxylic acids is 1. The standard InChI is InChI=1S/C22H23N3O3/c23-15-6-8-16(9-7-15)25-21(13-3-1-2-4-13)18-12-28-19-11-14(22(26)27)5-10-17(19)20(18)24-25/h5-11,13,18,21H,1-4,12,23H2,(H,26,27). The third-order valence-electron chi connectivity index (χ3n) is 6.22. The summed E-state index contributed by atoms with van der Waals surface area (Å²) in [4.78, 5) is 11.3. The van der Waals surface area contributed by atoms with Crippen molar-refractivity contribution in [1.82, 2.24) is 0 Å². The number of nitrogens with zero attached hydrogens (tertiary/aromatic N) is 2. The van der Waals surface area contributed by atoms with Gasteiger partial charge in [-0.3, -0.25) is 5.01 Å². The normalized spacial score (nSPS) is 23.7. The molecule has 3 aliphatic rings. The molecule has 1 aliphatic carbocycles. The van der Waals surface area contributed by atoms with Crippen LogP contribution < -0.4 is 15.5 Å². The second-order valence-corrected chi connectivity index (χ2v) is 7.89. The van der Waals surface area contributed by atoms with Crippen LogP contribution in [0.3, 0.4) is 0 Å². The van der Waals surface area contributed by atoms with E-state index in [1.54, 1.807) is 12.1 Å². The lowest BCUT2D eigenvalue weighted by atomic mass is 9.81. The van der Waals surface area contributed by atoms with Crippen LogP contribution in [-0.4, -0.2) is 29.4 Å². The van der Waals surface area contributed by atoms with E-state index in [0.717, 1.165) is 22.6 Å². The zero-order valence-corrected chi connectivity index (χ0v) is 15.5. The highest BCUT2D eigenvalue weighted by atomic mass is 16.5. The van der Waals surface area contributed by atoms with Crippen LogP contribution in [0, 0.1) is 11.8 Å². The maximum Gasteiger partial charge on any atom is 0.335 e. The fourth-order valence-electron chi connectivity index (χ4n) is 4.87. The third kappa shape index (κ3) is 2.71. The lowest BCUT2D eigenvalue weighted by Crippen LogP contribution is -2.43. The van der Waals surface area contributed by atoms with Crippen molar-refractivity contribution in [1.29, 1.82) is 0 Å². The highest BCUT2D eigenvalue weighted by molar-refractivity contribution is 6.08. The van der Waals surface area contributed by atoms with Gasteiger partial charge in [0.05, 0.1) is 35.5 Å². The number of benzene rings is 2. The van der Waals surface area contributed by atoms with Crippen molar-refractivity contribution in [3.05, 3.63) is 53.6 Å². The molecule has 2 heterocycles. The van der Waals surface area contributed by atoms with Crippen molar-refractivity contribution in [2.45, 2.75) is 31.7 Å². The molecule has 1 saturated carbocycles. The number of carbonyl (C=O) groups is 1. The van der Waals surface area contributed by atoms with E-state index < -0.39 is 5.97 Å². The van der Waals surface area contributed by atoms with Crippen LogP contribution in [0.2, 0.25) is 0 Å².